The van der Waals surface area contributed by atoms with Crippen LogP contribution in [0.1, 0.15) is 12.8 Å². The molecule has 6 nitrogen and oxygen atoms in total. The maximum Gasteiger partial charge on any atom is 1.00 e. The summed E-state index contributed by atoms with van der Waals surface area (Å²) in [5.74, 6) is -1.16. The second kappa shape index (κ2) is 4.36. The Morgan fingerprint density at radius 1 is 1.36 bits per heavy atom. The summed E-state index contributed by atoms with van der Waals surface area (Å²) in [6, 6.07) is 0. The molecule has 1 heterocycles. The fourth-order valence-corrected chi connectivity index (χ4v) is 4.32. The van der Waals surface area contributed by atoms with Crippen LogP contribution in [0.5, 0.6) is 0 Å². The van der Waals surface area contributed by atoms with E-state index in [1.807, 2.05) is 0 Å². The number of hydrogen-bond acceptors (Lipinski definition) is 6. The van der Waals surface area contributed by atoms with Crippen molar-refractivity contribution in [2.24, 2.45) is 0 Å². The first-order chi connectivity index (χ1) is 5.66. The fraction of sp³-hybridized carbons (Fsp3) is 1.00. The van der Waals surface area contributed by atoms with Gasteiger partial charge < -0.3 is 9.66 Å². The summed E-state index contributed by atoms with van der Waals surface area (Å²) in [7, 11) is -8.57. The molecule has 0 aromatic heterocycles. The predicted molar refractivity (Wildman–Crippen MR) is 42.5 cm³/mol. The van der Waals surface area contributed by atoms with Gasteiger partial charge in [-0.25, -0.2) is 16.8 Å². The molecule has 0 amide bonds. The van der Waals surface area contributed by atoms with Crippen molar-refractivity contribution in [2.75, 3.05) is 11.5 Å². The molecule has 1 atom stereocenters. The monoisotopic (exact) mass is 252 g/mol. The van der Waals surface area contributed by atoms with Crippen LogP contribution in [0.3, 0.4) is 0 Å². The number of aliphatic hydroxyl groups is 1. The van der Waals surface area contributed by atoms with Gasteiger partial charge in [-0.05, 0) is 12.8 Å². The fourth-order valence-electron chi connectivity index (χ4n) is 1.25. The van der Waals surface area contributed by atoms with Gasteiger partial charge in [-0.2, -0.15) is 0 Å². The number of hydrogen-bond donors (Lipinski definition) is 1. The van der Waals surface area contributed by atoms with Crippen LogP contribution in [0.15, 0.2) is 0 Å². The molecule has 0 saturated carbocycles. The summed E-state index contributed by atoms with van der Waals surface area (Å²) >= 11 is 0. The minimum absolute atomic E-state index is 0. The van der Waals surface area contributed by atoms with Crippen molar-refractivity contribution in [2.45, 2.75) is 17.8 Å². The molecule has 0 bridgehead atoms. The molecule has 1 N–H and O–H groups in total. The van der Waals surface area contributed by atoms with Gasteiger partial charge in [-0.15, -0.1) is 0 Å². The van der Waals surface area contributed by atoms with Gasteiger partial charge in [0.2, 0.25) is 0 Å². The van der Waals surface area contributed by atoms with E-state index in [4.69, 9.17) is 0 Å². The summed E-state index contributed by atoms with van der Waals surface area (Å²) in [6.07, 6.45) is -0.307. The van der Waals surface area contributed by atoms with Crippen molar-refractivity contribution in [1.82, 2.24) is 0 Å². The number of rotatable bonds is 1. The van der Waals surface area contributed by atoms with Crippen molar-refractivity contribution < 1.29 is 56.1 Å². The third-order valence-corrected chi connectivity index (χ3v) is 5.22. The minimum atomic E-state index is -4.97. The molecule has 0 radical (unpaired) electrons. The maximum atomic E-state index is 10.9. The Balaban J connectivity index is 0.00000169. The molecule has 14 heavy (non-hydrogen) atoms. The topological polar surface area (TPSA) is 112 Å². The second-order valence-electron chi connectivity index (χ2n) is 3.10. The van der Waals surface area contributed by atoms with Crippen LogP contribution < -0.4 is 29.6 Å². The molecule has 0 aromatic rings. The summed E-state index contributed by atoms with van der Waals surface area (Å²) in [4.78, 5) is -2.62. The van der Waals surface area contributed by atoms with E-state index >= 15 is 0 Å². The molecule has 1 rings (SSSR count). The Bertz CT molecular complexity index is 398. The molecule has 78 valence electrons. The van der Waals surface area contributed by atoms with Crippen LogP contribution in [0.25, 0.3) is 0 Å². The maximum absolute atomic E-state index is 10.9. The minimum Gasteiger partial charge on any atom is -0.746 e. The van der Waals surface area contributed by atoms with Gasteiger partial charge in [0, 0.05) is 0 Å². The van der Waals surface area contributed by atoms with E-state index in [1.165, 1.54) is 0 Å². The Morgan fingerprint density at radius 2 is 1.86 bits per heavy atom. The molecular formula is C5H9NaO6S2. The van der Waals surface area contributed by atoms with E-state index in [-0.39, 0.29) is 48.2 Å². The van der Waals surface area contributed by atoms with Gasteiger partial charge in [0.1, 0.15) is 10.1 Å². The van der Waals surface area contributed by atoms with Crippen LogP contribution in [-0.2, 0) is 20.0 Å². The molecular weight excluding hydrogens is 243 g/mol. The van der Waals surface area contributed by atoms with Crippen LogP contribution in [0, 0.1) is 0 Å². The van der Waals surface area contributed by atoms with Crippen LogP contribution >= 0.6 is 0 Å². The zero-order valence-electron chi connectivity index (χ0n) is 7.63. The molecule has 0 spiro atoms. The molecule has 0 aromatic carbocycles. The quantitative estimate of drug-likeness (QED) is 0.371. The van der Waals surface area contributed by atoms with E-state index in [0.29, 0.717) is 0 Å². The zero-order chi connectivity index (χ0) is 10.3. The van der Waals surface area contributed by atoms with Gasteiger partial charge >= 0.3 is 29.6 Å². The van der Waals surface area contributed by atoms with Crippen LogP contribution in [-0.4, -0.2) is 42.9 Å². The van der Waals surface area contributed by atoms with Gasteiger partial charge in [0.15, 0.2) is 14.8 Å². The summed E-state index contributed by atoms with van der Waals surface area (Å²) in [5, 5.41) is 9.26. The van der Waals surface area contributed by atoms with Crippen molar-refractivity contribution in [3.8, 4) is 0 Å². The predicted octanol–water partition coefficient (Wildman–Crippen LogP) is -4.57. The Hall–Kier alpha value is 0.820. The average molecular weight is 252 g/mol. The van der Waals surface area contributed by atoms with Crippen molar-refractivity contribution in [3.05, 3.63) is 0 Å². The van der Waals surface area contributed by atoms with Gasteiger partial charge in [-0.1, -0.05) is 0 Å². The van der Waals surface area contributed by atoms with E-state index in [2.05, 4.69) is 0 Å². The first-order valence-corrected chi connectivity index (χ1v) is 6.78. The summed E-state index contributed by atoms with van der Waals surface area (Å²) < 4.78 is 53.5. The van der Waals surface area contributed by atoms with Gasteiger partial charge in [0.05, 0.1) is 11.5 Å². The Kier molecular flexibility index (Phi) is 4.62. The molecule has 0 aliphatic carbocycles. The molecule has 1 unspecified atom stereocenters. The Labute approximate surface area is 105 Å². The van der Waals surface area contributed by atoms with Crippen LogP contribution in [0.4, 0.5) is 0 Å². The van der Waals surface area contributed by atoms with Crippen molar-refractivity contribution in [1.29, 1.82) is 0 Å². The largest absolute Gasteiger partial charge is 1.00 e. The van der Waals surface area contributed by atoms with E-state index in [0.717, 1.165) is 0 Å². The third kappa shape index (κ3) is 3.16. The second-order valence-corrected chi connectivity index (χ2v) is 6.95. The van der Waals surface area contributed by atoms with E-state index < -0.39 is 30.6 Å². The normalized spacial score (nSPS) is 31.9. The standard InChI is InChI=1S/C5H10O6S2.Na/c6-5(13(9,10)11)2-1-3-12(7,8)4-5;/h6H,1-4H2,(H,9,10,11);/q;+1/p-1. The van der Waals surface area contributed by atoms with Crippen molar-refractivity contribution in [3.63, 3.8) is 0 Å². The van der Waals surface area contributed by atoms with Crippen LogP contribution in [0.2, 0.25) is 0 Å². The first-order valence-electron chi connectivity index (χ1n) is 3.55. The molecule has 1 saturated heterocycles. The zero-order valence-corrected chi connectivity index (χ0v) is 11.3. The Morgan fingerprint density at radius 3 is 2.14 bits per heavy atom. The summed E-state index contributed by atoms with van der Waals surface area (Å²) in [5.41, 5.74) is 0. The molecule has 1 fully saturated rings. The van der Waals surface area contributed by atoms with Gasteiger partial charge in [0.25, 0.3) is 0 Å². The molecule has 1 aliphatic rings. The van der Waals surface area contributed by atoms with Crippen molar-refractivity contribution >= 4 is 20.0 Å². The molecule has 9 heteroatoms. The summed E-state index contributed by atoms with van der Waals surface area (Å²) in [6.45, 7) is 0. The van der Waals surface area contributed by atoms with E-state index in [9.17, 15) is 26.5 Å². The first kappa shape index (κ1) is 14.8. The average Bonchev–Trinajstić information content (AvgIpc) is 1.80. The molecule has 1 aliphatic heterocycles. The number of sulfone groups is 1. The van der Waals surface area contributed by atoms with Gasteiger partial charge in [-0.3, -0.25) is 0 Å². The SMILES string of the molecule is O=S1(=O)CCCC(O)(S(=O)(=O)[O-])C1.[Na+]. The smallest absolute Gasteiger partial charge is 0.746 e. The van der Waals surface area contributed by atoms with E-state index in [1.54, 1.807) is 0 Å². The third-order valence-electron chi connectivity index (χ3n) is 1.93.